The van der Waals surface area contributed by atoms with E-state index in [1.807, 2.05) is 44.2 Å². The second-order valence-electron chi connectivity index (χ2n) is 5.47. The van der Waals surface area contributed by atoms with E-state index in [1.165, 1.54) is 0 Å². The molecule has 0 amide bonds. The molecule has 4 nitrogen and oxygen atoms in total. The first-order valence-electron chi connectivity index (χ1n) is 6.22. The third kappa shape index (κ3) is 1.95. The van der Waals surface area contributed by atoms with E-state index in [0.717, 1.165) is 5.56 Å². The summed E-state index contributed by atoms with van der Waals surface area (Å²) in [5, 5.41) is 9.85. The number of hydrogen-bond donors (Lipinski definition) is 1. The third-order valence-electron chi connectivity index (χ3n) is 3.48. The van der Waals surface area contributed by atoms with Crippen LogP contribution in [0.3, 0.4) is 0 Å². The van der Waals surface area contributed by atoms with E-state index in [4.69, 9.17) is 14.2 Å². The maximum absolute atomic E-state index is 9.85. The molecular weight excluding hydrogens is 232 g/mol. The van der Waals surface area contributed by atoms with Gasteiger partial charge in [0.1, 0.15) is 11.7 Å². The Bertz CT molecular complexity index is 431. The Hall–Kier alpha value is -0.940. The summed E-state index contributed by atoms with van der Waals surface area (Å²) in [6.45, 7) is 4.09. The van der Waals surface area contributed by atoms with Crippen molar-refractivity contribution in [3.05, 3.63) is 35.9 Å². The van der Waals surface area contributed by atoms with Gasteiger partial charge in [0.2, 0.25) is 0 Å². The van der Waals surface area contributed by atoms with Gasteiger partial charge in [-0.2, -0.15) is 0 Å². The van der Waals surface area contributed by atoms with Crippen molar-refractivity contribution in [2.45, 2.75) is 44.1 Å². The summed E-state index contributed by atoms with van der Waals surface area (Å²) in [6, 6.07) is 10.1. The summed E-state index contributed by atoms with van der Waals surface area (Å²) in [5.74, 6) is -0.676. The highest BCUT2D eigenvalue weighted by Crippen LogP contribution is 2.44. The first-order chi connectivity index (χ1) is 8.51. The lowest BCUT2D eigenvalue weighted by molar-refractivity contribution is -0.213. The van der Waals surface area contributed by atoms with E-state index in [0.29, 0.717) is 13.0 Å². The predicted octanol–water partition coefficient (Wildman–Crippen LogP) is 1.47. The summed E-state index contributed by atoms with van der Waals surface area (Å²) >= 11 is 0. The lowest BCUT2D eigenvalue weighted by Crippen LogP contribution is -2.43. The van der Waals surface area contributed by atoms with Crippen LogP contribution in [0.4, 0.5) is 0 Å². The summed E-state index contributed by atoms with van der Waals surface area (Å²) in [4.78, 5) is 0. The number of fused-ring (bicyclic) bond motifs is 1. The van der Waals surface area contributed by atoms with E-state index < -0.39 is 23.8 Å². The molecule has 0 radical (unpaired) electrons. The van der Waals surface area contributed by atoms with Crippen molar-refractivity contribution in [1.82, 2.24) is 0 Å². The van der Waals surface area contributed by atoms with Crippen LogP contribution in [0.15, 0.2) is 30.3 Å². The molecule has 1 aromatic carbocycles. The summed E-state index contributed by atoms with van der Waals surface area (Å²) in [5.41, 5.74) is 0.575. The molecular formula is C14H18O4. The molecule has 2 aliphatic heterocycles. The third-order valence-corrected chi connectivity index (χ3v) is 3.48. The van der Waals surface area contributed by atoms with Crippen molar-refractivity contribution >= 4 is 0 Å². The fourth-order valence-corrected chi connectivity index (χ4v) is 2.86. The van der Waals surface area contributed by atoms with Crippen molar-refractivity contribution in [2.75, 3.05) is 6.61 Å². The van der Waals surface area contributed by atoms with Crippen LogP contribution in [0, 0.1) is 0 Å². The molecule has 2 fully saturated rings. The smallest absolute Gasteiger partial charge is 0.184 e. The summed E-state index contributed by atoms with van der Waals surface area (Å²) in [7, 11) is 0. The fourth-order valence-electron chi connectivity index (χ4n) is 2.86. The van der Waals surface area contributed by atoms with Gasteiger partial charge in [-0.15, -0.1) is 0 Å². The second kappa shape index (κ2) is 4.03. The predicted molar refractivity (Wildman–Crippen MR) is 64.9 cm³/mol. The van der Waals surface area contributed by atoms with Crippen molar-refractivity contribution in [3.8, 4) is 0 Å². The maximum Gasteiger partial charge on any atom is 0.184 e. The molecule has 0 bridgehead atoms. The van der Waals surface area contributed by atoms with E-state index in [1.54, 1.807) is 0 Å². The maximum atomic E-state index is 9.85. The van der Waals surface area contributed by atoms with E-state index >= 15 is 0 Å². The minimum absolute atomic E-state index is 0.358. The molecule has 98 valence electrons. The van der Waals surface area contributed by atoms with Crippen molar-refractivity contribution in [2.24, 2.45) is 0 Å². The minimum atomic E-state index is -0.907. The molecule has 4 heteroatoms. The highest BCUT2D eigenvalue weighted by Gasteiger charge is 2.60. The normalized spacial score (nSPS) is 37.7. The SMILES string of the molecule is CC1(C)O[C@@H]2C(O)OC[C@]2(Cc2ccccc2)O1. The number of aliphatic hydroxyl groups excluding tert-OH is 1. The molecule has 3 atom stereocenters. The molecule has 1 unspecified atom stereocenters. The molecule has 2 saturated heterocycles. The molecule has 0 aromatic heterocycles. The first-order valence-corrected chi connectivity index (χ1v) is 6.22. The van der Waals surface area contributed by atoms with Gasteiger partial charge >= 0.3 is 0 Å². The van der Waals surface area contributed by atoms with Crippen LogP contribution in [0.2, 0.25) is 0 Å². The first kappa shape index (κ1) is 12.1. The molecule has 0 saturated carbocycles. The van der Waals surface area contributed by atoms with Gasteiger partial charge in [0, 0.05) is 6.42 Å². The highest BCUT2D eigenvalue weighted by molar-refractivity contribution is 5.20. The molecule has 3 rings (SSSR count). The molecule has 2 aliphatic rings. The van der Waals surface area contributed by atoms with Gasteiger partial charge in [-0.3, -0.25) is 0 Å². The van der Waals surface area contributed by atoms with E-state index in [9.17, 15) is 5.11 Å². The molecule has 1 N–H and O–H groups in total. The average Bonchev–Trinajstić information content (AvgIpc) is 2.73. The van der Waals surface area contributed by atoms with E-state index in [2.05, 4.69) is 0 Å². The standard InChI is InChI=1S/C14H18O4/c1-13(2)17-11-12(15)16-9-14(11,18-13)8-10-6-4-3-5-7-10/h3-7,11-12,15H,8-9H2,1-2H3/t11-,12?,14+/m1/s1. The van der Waals surface area contributed by atoms with Gasteiger partial charge in [0.05, 0.1) is 6.61 Å². The van der Waals surface area contributed by atoms with Gasteiger partial charge in [0.25, 0.3) is 0 Å². The fraction of sp³-hybridized carbons (Fsp3) is 0.571. The minimum Gasteiger partial charge on any atom is -0.366 e. The van der Waals surface area contributed by atoms with Crippen molar-refractivity contribution < 1.29 is 19.3 Å². The van der Waals surface area contributed by atoms with Gasteiger partial charge < -0.3 is 19.3 Å². The molecule has 1 aromatic rings. The number of rotatable bonds is 2. The van der Waals surface area contributed by atoms with Crippen molar-refractivity contribution in [3.63, 3.8) is 0 Å². The van der Waals surface area contributed by atoms with Crippen LogP contribution in [0.25, 0.3) is 0 Å². The Morgan fingerprint density at radius 3 is 2.72 bits per heavy atom. The number of ether oxygens (including phenoxy) is 3. The van der Waals surface area contributed by atoms with E-state index in [-0.39, 0.29) is 0 Å². The number of benzene rings is 1. The van der Waals surface area contributed by atoms with Crippen LogP contribution in [0.1, 0.15) is 19.4 Å². The second-order valence-corrected chi connectivity index (χ2v) is 5.47. The zero-order valence-corrected chi connectivity index (χ0v) is 10.6. The van der Waals surface area contributed by atoms with Gasteiger partial charge in [-0.05, 0) is 19.4 Å². The Kier molecular flexibility index (Phi) is 2.71. The lowest BCUT2D eigenvalue weighted by Gasteiger charge is -2.26. The number of aliphatic hydroxyl groups is 1. The Balaban J connectivity index is 1.88. The molecule has 2 heterocycles. The molecule has 0 aliphatic carbocycles. The van der Waals surface area contributed by atoms with Crippen LogP contribution >= 0.6 is 0 Å². The zero-order chi connectivity index (χ0) is 12.8. The van der Waals surface area contributed by atoms with Crippen LogP contribution in [-0.2, 0) is 20.6 Å². The van der Waals surface area contributed by atoms with Crippen LogP contribution in [0.5, 0.6) is 0 Å². The average molecular weight is 250 g/mol. The van der Waals surface area contributed by atoms with Crippen LogP contribution in [-0.4, -0.2) is 35.5 Å². The zero-order valence-electron chi connectivity index (χ0n) is 10.6. The van der Waals surface area contributed by atoms with Crippen molar-refractivity contribution in [1.29, 1.82) is 0 Å². The monoisotopic (exact) mass is 250 g/mol. The number of hydrogen-bond acceptors (Lipinski definition) is 4. The topological polar surface area (TPSA) is 47.9 Å². The Morgan fingerprint density at radius 2 is 2.00 bits per heavy atom. The summed E-state index contributed by atoms with van der Waals surface area (Å²) in [6.07, 6.45) is -0.651. The largest absolute Gasteiger partial charge is 0.366 e. The Morgan fingerprint density at radius 1 is 1.28 bits per heavy atom. The van der Waals surface area contributed by atoms with Crippen LogP contribution < -0.4 is 0 Å². The Labute approximate surface area is 106 Å². The van der Waals surface area contributed by atoms with Gasteiger partial charge in [-0.1, -0.05) is 30.3 Å². The van der Waals surface area contributed by atoms with Gasteiger partial charge in [0.15, 0.2) is 12.1 Å². The lowest BCUT2D eigenvalue weighted by atomic mass is 9.91. The highest BCUT2D eigenvalue weighted by atomic mass is 16.8. The molecule has 0 spiro atoms. The quantitative estimate of drug-likeness (QED) is 0.863. The summed E-state index contributed by atoms with van der Waals surface area (Å²) < 4.78 is 17.1. The molecule has 18 heavy (non-hydrogen) atoms. The van der Waals surface area contributed by atoms with Gasteiger partial charge in [-0.25, -0.2) is 0 Å².